The summed E-state index contributed by atoms with van der Waals surface area (Å²) in [6.07, 6.45) is 11.7. The summed E-state index contributed by atoms with van der Waals surface area (Å²) >= 11 is 0. The molecule has 0 unspecified atom stereocenters. The predicted octanol–water partition coefficient (Wildman–Crippen LogP) is 4.83. The number of hydrogen-bond donors (Lipinski definition) is 0. The first kappa shape index (κ1) is 15.8. The number of allylic oxidation sites excluding steroid dienone is 1. The van der Waals surface area contributed by atoms with Crippen LogP contribution in [0, 0.1) is 0 Å². The molecule has 0 N–H and O–H groups in total. The Bertz CT molecular complexity index is 1210. The summed E-state index contributed by atoms with van der Waals surface area (Å²) in [5.41, 5.74) is 7.24. The first-order chi connectivity index (χ1) is 13.3. The van der Waals surface area contributed by atoms with E-state index in [0.717, 1.165) is 17.5 Å². The Morgan fingerprint density at radius 3 is 2.56 bits per heavy atom. The lowest BCUT2D eigenvalue weighted by Gasteiger charge is -2.13. The van der Waals surface area contributed by atoms with Crippen molar-refractivity contribution in [3.63, 3.8) is 0 Å². The highest BCUT2D eigenvalue weighted by Crippen LogP contribution is 2.34. The van der Waals surface area contributed by atoms with Crippen LogP contribution in [0.4, 0.5) is 0 Å². The van der Waals surface area contributed by atoms with Gasteiger partial charge in [-0.1, -0.05) is 60.7 Å². The van der Waals surface area contributed by atoms with Crippen molar-refractivity contribution in [3.05, 3.63) is 88.6 Å². The summed E-state index contributed by atoms with van der Waals surface area (Å²) in [5, 5.41) is 2.31. The molecule has 0 radical (unpaired) electrons. The molecule has 0 saturated carbocycles. The third-order valence-corrected chi connectivity index (χ3v) is 5.25. The van der Waals surface area contributed by atoms with Gasteiger partial charge in [0.2, 0.25) is 0 Å². The SMILES string of the molecule is COc1ccc(-c2cccc3c2C=CN=c2c-3ccc3c2=CCC=C3)cc1. The summed E-state index contributed by atoms with van der Waals surface area (Å²) in [4.78, 5) is 4.81. The number of benzene rings is 3. The fourth-order valence-electron chi connectivity index (χ4n) is 3.91. The first-order valence-electron chi connectivity index (χ1n) is 9.17. The summed E-state index contributed by atoms with van der Waals surface area (Å²) in [5.74, 6) is 0.867. The molecule has 1 aliphatic heterocycles. The normalized spacial score (nSPS) is 13.5. The summed E-state index contributed by atoms with van der Waals surface area (Å²) in [6, 6.07) is 19.1. The van der Waals surface area contributed by atoms with Gasteiger partial charge >= 0.3 is 0 Å². The Hall–Kier alpha value is -3.39. The number of ether oxygens (including phenoxy) is 1. The van der Waals surface area contributed by atoms with E-state index in [1.54, 1.807) is 7.11 Å². The lowest BCUT2D eigenvalue weighted by Crippen LogP contribution is -2.30. The monoisotopic (exact) mass is 349 g/mol. The van der Waals surface area contributed by atoms with Crippen molar-refractivity contribution in [3.8, 4) is 28.0 Å². The average Bonchev–Trinajstić information content (AvgIpc) is 2.93. The Kier molecular flexibility index (Phi) is 3.75. The summed E-state index contributed by atoms with van der Waals surface area (Å²) < 4.78 is 5.30. The number of hydrogen-bond acceptors (Lipinski definition) is 2. The highest BCUT2D eigenvalue weighted by molar-refractivity contribution is 5.87. The maximum absolute atomic E-state index is 5.30. The van der Waals surface area contributed by atoms with Crippen molar-refractivity contribution < 1.29 is 4.74 Å². The summed E-state index contributed by atoms with van der Waals surface area (Å²) in [7, 11) is 1.69. The van der Waals surface area contributed by atoms with Crippen LogP contribution in [0.3, 0.4) is 0 Å². The van der Waals surface area contributed by atoms with Gasteiger partial charge in [-0.3, -0.25) is 4.99 Å². The van der Waals surface area contributed by atoms with Gasteiger partial charge in [0, 0.05) is 17.0 Å². The van der Waals surface area contributed by atoms with Crippen LogP contribution in [0.1, 0.15) is 17.5 Å². The van der Waals surface area contributed by atoms with E-state index in [2.05, 4.69) is 66.8 Å². The van der Waals surface area contributed by atoms with Crippen LogP contribution >= 0.6 is 0 Å². The quantitative estimate of drug-likeness (QED) is 0.649. The highest BCUT2D eigenvalue weighted by Gasteiger charge is 2.14. The van der Waals surface area contributed by atoms with Gasteiger partial charge in [0.25, 0.3) is 0 Å². The first-order valence-corrected chi connectivity index (χ1v) is 9.17. The molecule has 5 rings (SSSR count). The maximum atomic E-state index is 5.30. The minimum Gasteiger partial charge on any atom is -0.497 e. The lowest BCUT2D eigenvalue weighted by molar-refractivity contribution is 0.415. The van der Waals surface area contributed by atoms with Crippen LogP contribution in [0.5, 0.6) is 5.75 Å². The highest BCUT2D eigenvalue weighted by atomic mass is 16.5. The van der Waals surface area contributed by atoms with Crippen LogP contribution in [-0.2, 0) is 0 Å². The van der Waals surface area contributed by atoms with Gasteiger partial charge in [-0.25, -0.2) is 0 Å². The standard InChI is InChI=1S/C25H19NO/c1-27-19-12-9-18(10-13-19)20-7-4-8-22-23(20)15-16-26-25-21-6-3-2-5-17(21)11-14-24(22)25/h2,4-16H,3H2,1H3. The van der Waals surface area contributed by atoms with Crippen molar-refractivity contribution in [2.75, 3.05) is 7.11 Å². The molecule has 3 aromatic rings. The molecule has 2 heteroatoms. The second kappa shape index (κ2) is 6.40. The fraction of sp³-hybridized carbons (Fsp3) is 0.0800. The zero-order valence-corrected chi connectivity index (χ0v) is 15.1. The smallest absolute Gasteiger partial charge is 0.118 e. The third-order valence-electron chi connectivity index (χ3n) is 5.25. The Morgan fingerprint density at radius 2 is 1.70 bits per heavy atom. The van der Waals surface area contributed by atoms with Gasteiger partial charge in [-0.05, 0) is 52.4 Å². The fourth-order valence-corrected chi connectivity index (χ4v) is 3.91. The van der Waals surface area contributed by atoms with E-state index in [-0.39, 0.29) is 0 Å². The minimum atomic E-state index is 0.867. The molecule has 2 nitrogen and oxygen atoms in total. The van der Waals surface area contributed by atoms with E-state index in [0.29, 0.717) is 0 Å². The molecule has 3 aromatic carbocycles. The summed E-state index contributed by atoms with van der Waals surface area (Å²) in [6.45, 7) is 0. The topological polar surface area (TPSA) is 21.6 Å². The van der Waals surface area contributed by atoms with Crippen LogP contribution in [0.2, 0.25) is 0 Å². The molecule has 27 heavy (non-hydrogen) atoms. The zero-order chi connectivity index (χ0) is 18.2. The molecule has 0 atom stereocenters. The van der Waals surface area contributed by atoms with E-state index in [1.807, 2.05) is 18.3 Å². The van der Waals surface area contributed by atoms with Crippen LogP contribution in [0.25, 0.3) is 40.5 Å². The third kappa shape index (κ3) is 2.61. The minimum absolute atomic E-state index is 0.867. The van der Waals surface area contributed by atoms with Gasteiger partial charge in [0.1, 0.15) is 5.75 Å². The molecular formula is C25H19NO. The van der Waals surface area contributed by atoms with Crippen molar-refractivity contribution in [1.29, 1.82) is 0 Å². The van der Waals surface area contributed by atoms with Crippen LogP contribution in [-0.4, -0.2) is 7.11 Å². The number of nitrogens with zero attached hydrogens (tertiary/aromatic N) is 1. The largest absolute Gasteiger partial charge is 0.497 e. The van der Waals surface area contributed by atoms with E-state index >= 15 is 0 Å². The van der Waals surface area contributed by atoms with Gasteiger partial charge in [0.15, 0.2) is 0 Å². The molecular weight excluding hydrogens is 330 g/mol. The second-order valence-corrected chi connectivity index (χ2v) is 6.75. The van der Waals surface area contributed by atoms with Crippen molar-refractivity contribution in [2.45, 2.75) is 6.42 Å². The molecule has 2 aliphatic rings. The molecule has 0 saturated heterocycles. The molecule has 0 aromatic heterocycles. The van der Waals surface area contributed by atoms with Gasteiger partial charge in [-0.2, -0.15) is 0 Å². The van der Waals surface area contributed by atoms with Crippen LogP contribution < -0.4 is 15.3 Å². The van der Waals surface area contributed by atoms with E-state index in [4.69, 9.17) is 9.73 Å². The second-order valence-electron chi connectivity index (χ2n) is 6.75. The molecule has 1 heterocycles. The number of methoxy groups -OCH3 is 1. The van der Waals surface area contributed by atoms with Crippen molar-refractivity contribution >= 4 is 18.2 Å². The van der Waals surface area contributed by atoms with Gasteiger partial charge < -0.3 is 4.74 Å². The van der Waals surface area contributed by atoms with Gasteiger partial charge in [0.05, 0.1) is 12.5 Å². The molecule has 0 fully saturated rings. The Morgan fingerprint density at radius 1 is 0.852 bits per heavy atom. The predicted molar refractivity (Wildman–Crippen MR) is 112 cm³/mol. The van der Waals surface area contributed by atoms with E-state index in [1.165, 1.54) is 38.6 Å². The number of rotatable bonds is 2. The molecule has 0 spiro atoms. The molecule has 0 amide bonds. The maximum Gasteiger partial charge on any atom is 0.118 e. The van der Waals surface area contributed by atoms with Crippen molar-refractivity contribution in [1.82, 2.24) is 0 Å². The van der Waals surface area contributed by atoms with Crippen molar-refractivity contribution in [2.24, 2.45) is 4.99 Å². The van der Waals surface area contributed by atoms with Crippen LogP contribution in [0.15, 0.2) is 71.9 Å². The average molecular weight is 349 g/mol. The number of fused-ring (bicyclic) bond motifs is 5. The zero-order valence-electron chi connectivity index (χ0n) is 15.1. The Balaban J connectivity index is 1.75. The Labute approximate surface area is 158 Å². The van der Waals surface area contributed by atoms with E-state index in [9.17, 15) is 0 Å². The molecule has 0 bridgehead atoms. The molecule has 1 aliphatic carbocycles. The molecule has 130 valence electrons. The van der Waals surface area contributed by atoms with E-state index < -0.39 is 0 Å². The lowest BCUT2D eigenvalue weighted by atomic mass is 9.90. The van der Waals surface area contributed by atoms with Gasteiger partial charge in [-0.15, -0.1) is 0 Å².